The molecule has 1 aromatic carbocycles. The maximum Gasteiger partial charge on any atom is 0.272 e. The summed E-state index contributed by atoms with van der Waals surface area (Å²) in [5.41, 5.74) is 2.52. The Hall–Kier alpha value is -2.73. The lowest BCUT2D eigenvalue weighted by Gasteiger charge is -2.38. The molecule has 3 aromatic rings. The van der Waals surface area contributed by atoms with Crippen LogP contribution in [0.15, 0.2) is 42.6 Å². The van der Waals surface area contributed by atoms with Gasteiger partial charge >= 0.3 is 0 Å². The molecule has 0 unspecified atom stereocenters. The summed E-state index contributed by atoms with van der Waals surface area (Å²) in [6.45, 7) is 5.82. The number of amides is 1. The van der Waals surface area contributed by atoms with Gasteiger partial charge in [-0.2, -0.15) is 5.10 Å². The molecular formula is C22H26N4O2. The van der Waals surface area contributed by atoms with Gasteiger partial charge in [-0.05, 0) is 56.0 Å². The smallest absolute Gasteiger partial charge is 0.272 e. The highest BCUT2D eigenvalue weighted by Crippen LogP contribution is 2.34. The van der Waals surface area contributed by atoms with Crippen molar-refractivity contribution in [2.75, 3.05) is 13.1 Å². The van der Waals surface area contributed by atoms with Crippen molar-refractivity contribution in [2.45, 2.75) is 45.3 Å². The van der Waals surface area contributed by atoms with Crippen molar-refractivity contribution < 1.29 is 9.90 Å². The molecule has 6 nitrogen and oxygen atoms in total. The van der Waals surface area contributed by atoms with E-state index in [9.17, 15) is 9.90 Å². The molecule has 0 spiro atoms. The molecule has 6 heteroatoms. The van der Waals surface area contributed by atoms with Crippen molar-refractivity contribution in [2.24, 2.45) is 0 Å². The SMILES string of the molecule is CCCn1nccc1C(=O)N1CCC(O)(c2ccc3nc(C)ccc3c2)CC1. The van der Waals surface area contributed by atoms with E-state index in [1.54, 1.807) is 16.9 Å². The van der Waals surface area contributed by atoms with E-state index in [-0.39, 0.29) is 5.91 Å². The topological polar surface area (TPSA) is 71.2 Å². The fourth-order valence-electron chi connectivity index (χ4n) is 3.95. The van der Waals surface area contributed by atoms with Gasteiger partial charge in [0.15, 0.2) is 0 Å². The van der Waals surface area contributed by atoms with E-state index in [4.69, 9.17) is 0 Å². The molecule has 1 amide bonds. The number of benzene rings is 1. The van der Waals surface area contributed by atoms with Gasteiger partial charge < -0.3 is 10.0 Å². The normalized spacial score (nSPS) is 16.5. The molecule has 4 rings (SSSR count). The van der Waals surface area contributed by atoms with Crippen molar-refractivity contribution >= 4 is 16.8 Å². The van der Waals surface area contributed by atoms with E-state index < -0.39 is 5.60 Å². The van der Waals surface area contributed by atoms with Crippen LogP contribution in [0.4, 0.5) is 0 Å². The Labute approximate surface area is 164 Å². The molecule has 1 N–H and O–H groups in total. The Kier molecular flexibility index (Phi) is 4.89. The first-order valence-corrected chi connectivity index (χ1v) is 9.91. The summed E-state index contributed by atoms with van der Waals surface area (Å²) in [4.78, 5) is 19.2. The Balaban J connectivity index is 1.50. The van der Waals surface area contributed by atoms with Crippen LogP contribution in [0.5, 0.6) is 0 Å². The lowest BCUT2D eigenvalue weighted by molar-refractivity contribution is -0.0213. The molecule has 146 valence electrons. The van der Waals surface area contributed by atoms with Gasteiger partial charge in [0.2, 0.25) is 0 Å². The molecule has 0 radical (unpaired) electrons. The number of hydrogen-bond donors (Lipinski definition) is 1. The fourth-order valence-corrected chi connectivity index (χ4v) is 3.95. The first kappa shape index (κ1) is 18.6. The highest BCUT2D eigenvalue weighted by atomic mass is 16.3. The minimum absolute atomic E-state index is 0.00816. The number of likely N-dealkylation sites (tertiary alicyclic amines) is 1. The van der Waals surface area contributed by atoms with Gasteiger partial charge in [-0.15, -0.1) is 0 Å². The Morgan fingerprint density at radius 3 is 2.71 bits per heavy atom. The third kappa shape index (κ3) is 3.40. The molecule has 0 bridgehead atoms. The van der Waals surface area contributed by atoms with Crippen LogP contribution in [0, 0.1) is 6.92 Å². The van der Waals surface area contributed by atoms with Gasteiger partial charge in [-0.3, -0.25) is 14.5 Å². The van der Waals surface area contributed by atoms with Gasteiger partial charge in [0.25, 0.3) is 5.91 Å². The summed E-state index contributed by atoms with van der Waals surface area (Å²) >= 11 is 0. The van der Waals surface area contributed by atoms with E-state index in [1.807, 2.05) is 42.2 Å². The summed E-state index contributed by atoms with van der Waals surface area (Å²) in [6, 6.07) is 11.8. The van der Waals surface area contributed by atoms with Crippen LogP contribution in [0.3, 0.4) is 0 Å². The van der Waals surface area contributed by atoms with Crippen molar-refractivity contribution in [3.63, 3.8) is 0 Å². The highest BCUT2D eigenvalue weighted by molar-refractivity contribution is 5.92. The van der Waals surface area contributed by atoms with E-state index in [2.05, 4.69) is 17.0 Å². The molecule has 0 atom stereocenters. The van der Waals surface area contributed by atoms with Gasteiger partial charge in [-0.25, -0.2) is 0 Å². The molecule has 2 aromatic heterocycles. The summed E-state index contributed by atoms with van der Waals surface area (Å²) in [5, 5.41) is 16.5. The van der Waals surface area contributed by atoms with Crippen LogP contribution < -0.4 is 0 Å². The summed E-state index contributed by atoms with van der Waals surface area (Å²) < 4.78 is 1.77. The zero-order valence-corrected chi connectivity index (χ0v) is 16.4. The number of pyridine rings is 1. The maximum absolute atomic E-state index is 12.9. The predicted molar refractivity (Wildman–Crippen MR) is 108 cm³/mol. The zero-order chi connectivity index (χ0) is 19.7. The number of hydrogen-bond acceptors (Lipinski definition) is 4. The first-order valence-electron chi connectivity index (χ1n) is 9.91. The van der Waals surface area contributed by atoms with Gasteiger partial charge in [0.05, 0.1) is 11.1 Å². The lowest BCUT2D eigenvalue weighted by Crippen LogP contribution is -2.45. The predicted octanol–water partition coefficient (Wildman–Crippen LogP) is 3.27. The number of piperidine rings is 1. The van der Waals surface area contributed by atoms with Crippen LogP contribution in [0.1, 0.15) is 47.9 Å². The van der Waals surface area contributed by atoms with Crippen molar-refractivity contribution in [1.82, 2.24) is 19.7 Å². The minimum atomic E-state index is -0.917. The van der Waals surface area contributed by atoms with Crippen LogP contribution in [-0.2, 0) is 12.1 Å². The van der Waals surface area contributed by atoms with Gasteiger partial charge in [-0.1, -0.05) is 19.1 Å². The number of carbonyl (C=O) groups is 1. The second-order valence-corrected chi connectivity index (χ2v) is 7.62. The zero-order valence-electron chi connectivity index (χ0n) is 16.4. The fraction of sp³-hybridized carbons (Fsp3) is 0.409. The molecule has 1 aliphatic rings. The molecule has 1 fully saturated rings. The van der Waals surface area contributed by atoms with E-state index in [0.29, 0.717) is 31.6 Å². The Bertz CT molecular complexity index is 1000. The highest BCUT2D eigenvalue weighted by Gasteiger charge is 2.36. The summed E-state index contributed by atoms with van der Waals surface area (Å²) in [7, 11) is 0. The van der Waals surface area contributed by atoms with Crippen LogP contribution >= 0.6 is 0 Å². The van der Waals surface area contributed by atoms with Crippen LogP contribution in [-0.4, -0.2) is 43.8 Å². The van der Waals surface area contributed by atoms with Crippen molar-refractivity contribution in [1.29, 1.82) is 0 Å². The average molecular weight is 378 g/mol. The van der Waals surface area contributed by atoms with Crippen LogP contribution in [0.2, 0.25) is 0 Å². The number of aliphatic hydroxyl groups is 1. The van der Waals surface area contributed by atoms with E-state index in [1.165, 1.54) is 0 Å². The number of aryl methyl sites for hydroxylation is 2. The first-order chi connectivity index (χ1) is 13.5. The van der Waals surface area contributed by atoms with Crippen LogP contribution in [0.25, 0.3) is 10.9 Å². The quantitative estimate of drug-likeness (QED) is 0.756. The second kappa shape index (κ2) is 7.36. The minimum Gasteiger partial charge on any atom is -0.385 e. The number of rotatable bonds is 4. The van der Waals surface area contributed by atoms with E-state index in [0.717, 1.165) is 35.1 Å². The lowest BCUT2D eigenvalue weighted by atomic mass is 9.84. The number of carbonyl (C=O) groups excluding carboxylic acids is 1. The third-order valence-electron chi connectivity index (χ3n) is 5.61. The average Bonchev–Trinajstić information content (AvgIpc) is 3.16. The number of fused-ring (bicyclic) bond motifs is 1. The molecular weight excluding hydrogens is 352 g/mol. The summed E-state index contributed by atoms with van der Waals surface area (Å²) in [6.07, 6.45) is 3.64. The molecule has 28 heavy (non-hydrogen) atoms. The van der Waals surface area contributed by atoms with Crippen molar-refractivity contribution in [3.05, 3.63) is 59.5 Å². The maximum atomic E-state index is 12.9. The Morgan fingerprint density at radius 1 is 1.18 bits per heavy atom. The van der Waals surface area contributed by atoms with Gasteiger partial charge in [0.1, 0.15) is 5.69 Å². The molecule has 3 heterocycles. The molecule has 1 saturated heterocycles. The number of nitrogens with zero attached hydrogens (tertiary/aromatic N) is 4. The molecule has 0 saturated carbocycles. The number of aromatic nitrogens is 3. The van der Waals surface area contributed by atoms with Gasteiger partial charge in [0, 0.05) is 36.9 Å². The monoisotopic (exact) mass is 378 g/mol. The van der Waals surface area contributed by atoms with Crippen molar-refractivity contribution in [3.8, 4) is 0 Å². The van der Waals surface area contributed by atoms with E-state index >= 15 is 0 Å². The Morgan fingerprint density at radius 2 is 1.96 bits per heavy atom. The second-order valence-electron chi connectivity index (χ2n) is 7.62. The largest absolute Gasteiger partial charge is 0.385 e. The molecule has 1 aliphatic heterocycles. The standard InChI is InChI=1S/C22H26N4O2/c1-3-12-26-20(8-11-23-26)21(27)25-13-9-22(28,10-14-25)18-6-7-19-17(15-18)5-4-16(2)24-19/h4-8,11,15,28H,3,9-10,12-14H2,1-2H3. The summed E-state index contributed by atoms with van der Waals surface area (Å²) in [5.74, 6) is -0.00816. The molecule has 0 aliphatic carbocycles. The third-order valence-corrected chi connectivity index (χ3v) is 5.61.